The van der Waals surface area contributed by atoms with Gasteiger partial charge in [-0.2, -0.15) is 5.10 Å². The smallest absolute Gasteiger partial charge is 0.0850 e. The topological polar surface area (TPSA) is 38.0 Å². The number of thioether (sulfide) groups is 1. The number of benzene rings is 1. The molecule has 0 spiro atoms. The molecule has 1 atom stereocenters. The standard InChI is InChI=1S/C16H21ClN2OS/c1-4-14-16(17)15(19(3)18-14)9-12(20)10-21-13-7-5-11(2)6-8-13/h5-8,12,20H,4,9-10H2,1-3H3. The fraction of sp³-hybridized carbons (Fsp3) is 0.438. The Bertz CT molecular complexity index is 595. The minimum absolute atomic E-state index is 0.436. The first kappa shape index (κ1) is 16.4. The van der Waals surface area contributed by atoms with Gasteiger partial charge in [0, 0.05) is 24.1 Å². The molecule has 0 saturated heterocycles. The first-order valence-corrected chi connectivity index (χ1v) is 8.45. The molecule has 2 aromatic rings. The summed E-state index contributed by atoms with van der Waals surface area (Å²) in [7, 11) is 1.88. The summed E-state index contributed by atoms with van der Waals surface area (Å²) in [6, 6.07) is 8.33. The summed E-state index contributed by atoms with van der Waals surface area (Å²) in [4.78, 5) is 1.17. The number of aliphatic hydroxyl groups excluding tert-OH is 1. The molecule has 0 bridgehead atoms. The number of aliphatic hydroxyl groups is 1. The van der Waals surface area contributed by atoms with Gasteiger partial charge in [-0.15, -0.1) is 11.8 Å². The molecular weight excluding hydrogens is 304 g/mol. The number of halogens is 1. The van der Waals surface area contributed by atoms with E-state index in [0.717, 1.165) is 17.8 Å². The van der Waals surface area contributed by atoms with Crippen LogP contribution in [-0.4, -0.2) is 26.7 Å². The Kier molecular flexibility index (Phi) is 5.73. The average molecular weight is 325 g/mol. The lowest BCUT2D eigenvalue weighted by Crippen LogP contribution is -2.16. The highest BCUT2D eigenvalue weighted by Gasteiger charge is 2.16. The molecule has 0 aliphatic rings. The Labute approximate surface area is 135 Å². The third-order valence-corrected chi connectivity index (χ3v) is 4.99. The van der Waals surface area contributed by atoms with Crippen LogP contribution in [-0.2, 0) is 19.9 Å². The molecule has 1 aromatic carbocycles. The Balaban J connectivity index is 1.94. The third kappa shape index (κ3) is 4.25. The summed E-state index contributed by atoms with van der Waals surface area (Å²) >= 11 is 7.97. The molecule has 1 heterocycles. The van der Waals surface area contributed by atoms with Gasteiger partial charge in [0.25, 0.3) is 0 Å². The van der Waals surface area contributed by atoms with E-state index >= 15 is 0 Å². The van der Waals surface area contributed by atoms with Crippen molar-refractivity contribution in [3.8, 4) is 0 Å². The number of aryl methyl sites for hydroxylation is 3. The maximum atomic E-state index is 10.2. The maximum Gasteiger partial charge on any atom is 0.0850 e. The van der Waals surface area contributed by atoms with Gasteiger partial charge in [-0.1, -0.05) is 36.2 Å². The normalized spacial score (nSPS) is 12.6. The molecule has 0 aliphatic heterocycles. The average Bonchev–Trinajstić information content (AvgIpc) is 2.74. The van der Waals surface area contributed by atoms with Crippen LogP contribution in [0.15, 0.2) is 29.2 Å². The van der Waals surface area contributed by atoms with Gasteiger partial charge in [0.1, 0.15) is 0 Å². The van der Waals surface area contributed by atoms with Gasteiger partial charge < -0.3 is 5.11 Å². The molecule has 0 saturated carbocycles. The molecule has 0 aliphatic carbocycles. The monoisotopic (exact) mass is 324 g/mol. The summed E-state index contributed by atoms with van der Waals surface area (Å²) in [5.74, 6) is 0.645. The maximum absolute atomic E-state index is 10.2. The van der Waals surface area contributed by atoms with Crippen molar-refractivity contribution in [2.24, 2.45) is 7.05 Å². The van der Waals surface area contributed by atoms with Crippen molar-refractivity contribution in [1.82, 2.24) is 9.78 Å². The van der Waals surface area contributed by atoms with Gasteiger partial charge in [-0.05, 0) is 25.5 Å². The highest BCUT2D eigenvalue weighted by atomic mass is 35.5. The zero-order valence-electron chi connectivity index (χ0n) is 12.6. The number of aromatic nitrogens is 2. The third-order valence-electron chi connectivity index (χ3n) is 3.40. The second-order valence-corrected chi connectivity index (χ2v) is 6.64. The van der Waals surface area contributed by atoms with Crippen LogP contribution < -0.4 is 0 Å². The molecule has 5 heteroatoms. The predicted octanol–water partition coefficient (Wildman–Crippen LogP) is 3.64. The molecule has 1 aromatic heterocycles. The van der Waals surface area contributed by atoms with Crippen molar-refractivity contribution < 1.29 is 5.11 Å². The first-order valence-electron chi connectivity index (χ1n) is 7.09. The van der Waals surface area contributed by atoms with Crippen LogP contribution in [0.5, 0.6) is 0 Å². The lowest BCUT2D eigenvalue weighted by Gasteiger charge is -2.11. The van der Waals surface area contributed by atoms with Crippen LogP contribution in [0.2, 0.25) is 5.02 Å². The molecule has 0 radical (unpaired) electrons. The number of hydrogen-bond donors (Lipinski definition) is 1. The highest BCUT2D eigenvalue weighted by molar-refractivity contribution is 7.99. The Hall–Kier alpha value is -0.970. The van der Waals surface area contributed by atoms with E-state index in [9.17, 15) is 5.11 Å². The van der Waals surface area contributed by atoms with E-state index in [4.69, 9.17) is 11.6 Å². The lowest BCUT2D eigenvalue weighted by atomic mass is 10.2. The quantitative estimate of drug-likeness (QED) is 0.824. The van der Waals surface area contributed by atoms with Crippen molar-refractivity contribution in [1.29, 1.82) is 0 Å². The van der Waals surface area contributed by atoms with Gasteiger partial charge in [0.2, 0.25) is 0 Å². The minimum Gasteiger partial charge on any atom is -0.392 e. The van der Waals surface area contributed by atoms with Gasteiger partial charge in [0.15, 0.2) is 0 Å². The van der Waals surface area contributed by atoms with Crippen molar-refractivity contribution >= 4 is 23.4 Å². The zero-order valence-corrected chi connectivity index (χ0v) is 14.2. The number of nitrogens with zero attached hydrogens (tertiary/aromatic N) is 2. The molecule has 21 heavy (non-hydrogen) atoms. The summed E-state index contributed by atoms with van der Waals surface area (Å²) in [6.45, 7) is 4.10. The molecule has 0 fully saturated rings. The largest absolute Gasteiger partial charge is 0.392 e. The predicted molar refractivity (Wildman–Crippen MR) is 89.2 cm³/mol. The molecular formula is C16H21ClN2OS. The highest BCUT2D eigenvalue weighted by Crippen LogP contribution is 2.24. The Morgan fingerprint density at radius 3 is 2.57 bits per heavy atom. The fourth-order valence-electron chi connectivity index (χ4n) is 2.15. The Morgan fingerprint density at radius 1 is 1.33 bits per heavy atom. The van der Waals surface area contributed by atoms with Gasteiger partial charge in [0.05, 0.1) is 22.5 Å². The summed E-state index contributed by atoms with van der Waals surface area (Å²) < 4.78 is 1.78. The van der Waals surface area contributed by atoms with Gasteiger partial charge in [-0.25, -0.2) is 0 Å². The first-order chi connectivity index (χ1) is 10.0. The molecule has 1 N–H and O–H groups in total. The van der Waals surface area contributed by atoms with Crippen molar-refractivity contribution in [3.05, 3.63) is 46.2 Å². The molecule has 1 unspecified atom stereocenters. The molecule has 0 amide bonds. The number of rotatable bonds is 6. The fourth-order valence-corrected chi connectivity index (χ4v) is 3.35. The summed E-state index contributed by atoms with van der Waals surface area (Å²) in [6.07, 6.45) is 0.899. The minimum atomic E-state index is -0.436. The summed E-state index contributed by atoms with van der Waals surface area (Å²) in [5.41, 5.74) is 3.05. The van der Waals surface area contributed by atoms with E-state index in [-0.39, 0.29) is 0 Å². The van der Waals surface area contributed by atoms with Crippen molar-refractivity contribution in [2.45, 2.75) is 37.7 Å². The van der Waals surface area contributed by atoms with Crippen LogP contribution >= 0.6 is 23.4 Å². The molecule has 3 nitrogen and oxygen atoms in total. The van der Waals surface area contributed by atoms with Crippen LogP contribution in [0.1, 0.15) is 23.9 Å². The van der Waals surface area contributed by atoms with Gasteiger partial charge in [-0.3, -0.25) is 4.68 Å². The van der Waals surface area contributed by atoms with E-state index in [0.29, 0.717) is 17.2 Å². The Morgan fingerprint density at radius 2 is 2.00 bits per heavy atom. The van der Waals surface area contributed by atoms with E-state index in [1.807, 2.05) is 14.0 Å². The van der Waals surface area contributed by atoms with Crippen molar-refractivity contribution in [3.63, 3.8) is 0 Å². The van der Waals surface area contributed by atoms with E-state index < -0.39 is 6.10 Å². The second-order valence-electron chi connectivity index (χ2n) is 5.17. The SMILES string of the molecule is CCc1nn(C)c(CC(O)CSc2ccc(C)cc2)c1Cl. The second kappa shape index (κ2) is 7.34. The zero-order chi connectivity index (χ0) is 15.4. The van der Waals surface area contributed by atoms with Crippen LogP contribution in [0.3, 0.4) is 0 Å². The van der Waals surface area contributed by atoms with E-state index in [2.05, 4.69) is 36.3 Å². The van der Waals surface area contributed by atoms with Crippen LogP contribution in [0.25, 0.3) is 0 Å². The van der Waals surface area contributed by atoms with Crippen LogP contribution in [0.4, 0.5) is 0 Å². The van der Waals surface area contributed by atoms with Gasteiger partial charge >= 0.3 is 0 Å². The summed E-state index contributed by atoms with van der Waals surface area (Å²) in [5, 5.41) is 15.3. The van der Waals surface area contributed by atoms with Crippen molar-refractivity contribution in [2.75, 3.05) is 5.75 Å². The molecule has 114 valence electrons. The lowest BCUT2D eigenvalue weighted by molar-refractivity contribution is 0.197. The van der Waals surface area contributed by atoms with Crippen LogP contribution in [0, 0.1) is 6.92 Å². The number of hydrogen-bond acceptors (Lipinski definition) is 3. The van der Waals surface area contributed by atoms with E-state index in [1.54, 1.807) is 16.4 Å². The van der Waals surface area contributed by atoms with E-state index in [1.165, 1.54) is 10.5 Å². The molecule has 2 rings (SSSR count).